The Morgan fingerprint density at radius 3 is 2.31 bits per heavy atom. The van der Waals surface area contributed by atoms with Crippen LogP contribution in [0.5, 0.6) is 5.88 Å². The summed E-state index contributed by atoms with van der Waals surface area (Å²) in [5.74, 6) is -1.72. The minimum Gasteiger partial charge on any atom is -0.493 e. The topological polar surface area (TPSA) is 203 Å². The molecule has 16 heteroatoms. The third kappa shape index (κ3) is 9.39. The fraction of sp³-hybridized carbons (Fsp3) is 0.389. The van der Waals surface area contributed by atoms with E-state index in [1.54, 1.807) is 45.0 Å². The molecule has 0 saturated carbocycles. The Hall–Kier alpha value is -4.70. The summed E-state index contributed by atoms with van der Waals surface area (Å²) in [6.07, 6.45) is -0.163. The SMILES string of the molecule is Cc1ccc(Cn2c(O)cn([C@H](C(=O)N[C@@H](Cc3ccccc3)[C@H](O)CN(CC(C)C)S(=O)(=O)c3ccc(Cl)c(N)c3)C(C)C)c2=O)cc1[N+](=O)[O-]. The number of aryl methyl sites for hydroxylation is 1. The van der Waals surface area contributed by atoms with Crippen molar-refractivity contribution in [3.8, 4) is 5.88 Å². The lowest BCUT2D eigenvalue weighted by molar-refractivity contribution is -0.385. The molecule has 1 heterocycles. The summed E-state index contributed by atoms with van der Waals surface area (Å²) in [6, 6.07) is 15.3. The standard InChI is InChI=1S/C36H45ClN6O8S/c1-22(2)18-40(52(50,51)27-13-14-28(37)29(38)17-27)20-32(44)30(15-25-9-7-6-8-10-25)39-35(46)34(23(3)4)42-21-33(45)41(36(42)47)19-26-12-11-24(5)31(16-26)43(48)49/h6-14,16-17,21-23,30,32,34,44-45H,15,18-20,38H2,1-5H3,(H,39,46)/t30-,32+,34-/m0/s1. The number of nitro groups is 1. The summed E-state index contributed by atoms with van der Waals surface area (Å²) in [7, 11) is -4.17. The number of carbonyl (C=O) groups is 1. The molecule has 1 amide bonds. The van der Waals surface area contributed by atoms with Crippen molar-refractivity contribution in [3.05, 3.63) is 115 Å². The number of carbonyl (C=O) groups excluding carboxylic acids is 1. The number of aliphatic hydroxyl groups excluding tert-OH is 1. The van der Waals surface area contributed by atoms with Gasteiger partial charge < -0.3 is 21.3 Å². The molecule has 4 rings (SSSR count). The normalized spacial score (nSPS) is 13.7. The Morgan fingerprint density at radius 1 is 1.04 bits per heavy atom. The number of nitrogens with two attached hydrogens (primary N) is 1. The van der Waals surface area contributed by atoms with Gasteiger partial charge in [-0.05, 0) is 54.5 Å². The van der Waals surface area contributed by atoms with Crippen molar-refractivity contribution in [2.45, 2.75) is 70.7 Å². The molecule has 4 aromatic rings. The number of rotatable bonds is 16. The van der Waals surface area contributed by atoms with Crippen molar-refractivity contribution in [2.24, 2.45) is 11.8 Å². The molecule has 0 aliphatic carbocycles. The summed E-state index contributed by atoms with van der Waals surface area (Å²) < 4.78 is 30.9. The number of sulfonamides is 1. The molecule has 0 radical (unpaired) electrons. The van der Waals surface area contributed by atoms with Crippen molar-refractivity contribution in [1.29, 1.82) is 0 Å². The van der Waals surface area contributed by atoms with Crippen molar-refractivity contribution >= 4 is 38.9 Å². The molecule has 1 aromatic heterocycles. The first kappa shape index (κ1) is 40.1. The van der Waals surface area contributed by atoms with Crippen LogP contribution >= 0.6 is 11.6 Å². The van der Waals surface area contributed by atoms with E-state index in [1.807, 2.05) is 32.0 Å². The van der Waals surface area contributed by atoms with E-state index in [9.17, 15) is 38.3 Å². The molecule has 0 fully saturated rings. The van der Waals surface area contributed by atoms with Gasteiger partial charge in [0.05, 0.1) is 45.4 Å². The third-order valence-corrected chi connectivity index (χ3v) is 10.8. The first-order valence-electron chi connectivity index (χ1n) is 16.7. The minimum atomic E-state index is -4.17. The Kier molecular flexibility index (Phi) is 12.9. The average Bonchev–Trinajstić information content (AvgIpc) is 3.33. The number of nitrogen functional groups attached to an aromatic ring is 1. The molecule has 3 atom stereocenters. The Labute approximate surface area is 307 Å². The Balaban J connectivity index is 1.67. The second kappa shape index (κ2) is 16.8. The van der Waals surface area contributed by atoms with Gasteiger partial charge in [0.15, 0.2) is 0 Å². The molecule has 0 spiro atoms. The molecular weight excluding hydrogens is 712 g/mol. The van der Waals surface area contributed by atoms with Crippen LogP contribution in [0.1, 0.15) is 50.4 Å². The van der Waals surface area contributed by atoms with Gasteiger partial charge in [0.2, 0.25) is 21.8 Å². The zero-order chi connectivity index (χ0) is 38.5. The number of imidazole rings is 1. The van der Waals surface area contributed by atoms with Crippen molar-refractivity contribution in [2.75, 3.05) is 18.8 Å². The number of amides is 1. The number of nitrogens with zero attached hydrogens (tertiary/aromatic N) is 4. The second-order valence-corrected chi connectivity index (χ2v) is 15.9. The fourth-order valence-corrected chi connectivity index (χ4v) is 7.76. The fourth-order valence-electron chi connectivity index (χ4n) is 5.98. The van der Waals surface area contributed by atoms with E-state index in [1.165, 1.54) is 24.3 Å². The van der Waals surface area contributed by atoms with Crippen molar-refractivity contribution < 1.29 is 28.3 Å². The van der Waals surface area contributed by atoms with Gasteiger partial charge in [-0.3, -0.25) is 24.0 Å². The van der Waals surface area contributed by atoms with E-state index in [0.717, 1.165) is 25.2 Å². The highest BCUT2D eigenvalue weighted by Crippen LogP contribution is 2.27. The first-order chi connectivity index (χ1) is 24.4. The molecule has 0 unspecified atom stereocenters. The molecule has 5 N–H and O–H groups in total. The third-order valence-electron chi connectivity index (χ3n) is 8.65. The van der Waals surface area contributed by atoms with E-state index < -0.39 is 56.5 Å². The number of aromatic nitrogens is 2. The van der Waals surface area contributed by atoms with Crippen LogP contribution in [-0.2, 0) is 27.8 Å². The quantitative estimate of drug-likeness (QED) is 0.0722. The van der Waals surface area contributed by atoms with Crippen LogP contribution < -0.4 is 16.7 Å². The smallest absolute Gasteiger partial charge is 0.332 e. The van der Waals surface area contributed by atoms with E-state index in [2.05, 4.69) is 5.32 Å². The Morgan fingerprint density at radius 2 is 1.71 bits per heavy atom. The number of nitrogens with one attached hydrogen (secondary N) is 1. The van der Waals surface area contributed by atoms with Crippen LogP contribution in [0.15, 0.2) is 82.6 Å². The van der Waals surface area contributed by atoms with Crippen LogP contribution in [0.25, 0.3) is 0 Å². The van der Waals surface area contributed by atoms with E-state index in [0.29, 0.717) is 11.1 Å². The van der Waals surface area contributed by atoms with Gasteiger partial charge in [0, 0.05) is 24.7 Å². The largest absolute Gasteiger partial charge is 0.493 e. The molecule has 3 aromatic carbocycles. The molecule has 0 bridgehead atoms. The van der Waals surface area contributed by atoms with Gasteiger partial charge in [-0.2, -0.15) is 4.31 Å². The van der Waals surface area contributed by atoms with Gasteiger partial charge in [0.1, 0.15) is 6.04 Å². The first-order valence-corrected chi connectivity index (χ1v) is 18.5. The highest BCUT2D eigenvalue weighted by molar-refractivity contribution is 7.89. The number of halogens is 1. The van der Waals surface area contributed by atoms with Crippen LogP contribution in [0, 0.1) is 28.9 Å². The highest BCUT2D eigenvalue weighted by atomic mass is 35.5. The number of nitro benzene ring substituents is 1. The zero-order valence-electron chi connectivity index (χ0n) is 29.6. The molecule has 52 heavy (non-hydrogen) atoms. The van der Waals surface area contributed by atoms with Gasteiger partial charge in [-0.1, -0.05) is 81.8 Å². The van der Waals surface area contributed by atoms with E-state index >= 15 is 0 Å². The maximum atomic E-state index is 14.1. The number of hydrogen-bond acceptors (Lipinski definition) is 9. The van der Waals surface area contributed by atoms with Crippen LogP contribution in [0.2, 0.25) is 5.02 Å². The van der Waals surface area contributed by atoms with E-state index in [4.69, 9.17) is 17.3 Å². The van der Waals surface area contributed by atoms with E-state index in [-0.39, 0.29) is 53.3 Å². The molecule has 0 aliphatic rings. The number of aliphatic hydroxyl groups is 1. The lowest BCUT2D eigenvalue weighted by atomic mass is 9.98. The lowest BCUT2D eigenvalue weighted by Gasteiger charge is -2.32. The minimum absolute atomic E-state index is 0.0505. The maximum Gasteiger partial charge on any atom is 0.332 e. The van der Waals surface area contributed by atoms with Gasteiger partial charge in [-0.25, -0.2) is 13.2 Å². The average molecular weight is 757 g/mol. The lowest BCUT2D eigenvalue weighted by Crippen LogP contribution is -2.53. The molecular formula is C36H45ClN6O8S. The summed E-state index contributed by atoms with van der Waals surface area (Å²) >= 11 is 6.04. The summed E-state index contributed by atoms with van der Waals surface area (Å²) in [4.78, 5) is 38.7. The van der Waals surface area contributed by atoms with Crippen LogP contribution in [0.4, 0.5) is 11.4 Å². The maximum absolute atomic E-state index is 14.1. The number of aromatic hydroxyl groups is 1. The summed E-state index contributed by atoms with van der Waals surface area (Å²) in [5, 5.41) is 37.1. The number of benzene rings is 3. The Bertz CT molecular complexity index is 2070. The van der Waals surface area contributed by atoms with Gasteiger partial charge in [-0.15, -0.1) is 0 Å². The molecule has 14 nitrogen and oxygen atoms in total. The molecule has 0 aliphatic heterocycles. The predicted molar refractivity (Wildman–Crippen MR) is 199 cm³/mol. The van der Waals surface area contributed by atoms with Crippen molar-refractivity contribution in [1.82, 2.24) is 18.8 Å². The summed E-state index contributed by atoms with van der Waals surface area (Å²) in [6.45, 7) is 8.16. The monoisotopic (exact) mass is 756 g/mol. The zero-order valence-corrected chi connectivity index (χ0v) is 31.2. The van der Waals surface area contributed by atoms with Gasteiger partial charge >= 0.3 is 5.69 Å². The number of anilines is 1. The van der Waals surface area contributed by atoms with Crippen LogP contribution in [-0.4, -0.2) is 68.1 Å². The predicted octanol–water partition coefficient (Wildman–Crippen LogP) is 4.49. The highest BCUT2D eigenvalue weighted by Gasteiger charge is 2.35. The van der Waals surface area contributed by atoms with Crippen LogP contribution in [0.3, 0.4) is 0 Å². The molecule has 0 saturated heterocycles. The van der Waals surface area contributed by atoms with Gasteiger partial charge in [0.25, 0.3) is 5.69 Å². The van der Waals surface area contributed by atoms with Crippen molar-refractivity contribution in [3.63, 3.8) is 0 Å². The second-order valence-electron chi connectivity index (χ2n) is 13.6. The summed E-state index contributed by atoms with van der Waals surface area (Å²) in [5.41, 5.74) is 6.71. The molecule has 280 valence electrons. The number of hydrogen-bond donors (Lipinski definition) is 4.